The Morgan fingerprint density at radius 3 is 2.00 bits per heavy atom. The Kier molecular flexibility index (Phi) is 12.0. The Balaban J connectivity index is 0.000000208. The van der Waals surface area contributed by atoms with Crippen LogP contribution in [0.25, 0.3) is 0 Å². The van der Waals surface area contributed by atoms with Crippen molar-refractivity contribution in [2.45, 2.75) is 13.1 Å². The molecule has 0 aliphatic heterocycles. The third-order valence-electron chi connectivity index (χ3n) is 3.53. The van der Waals surface area contributed by atoms with E-state index in [1.54, 1.807) is 11.3 Å². The lowest BCUT2D eigenvalue weighted by Crippen LogP contribution is -2.20. The summed E-state index contributed by atoms with van der Waals surface area (Å²) in [5.41, 5.74) is 0. The van der Waals surface area contributed by atoms with Gasteiger partial charge in [0.05, 0.1) is 0 Å². The fraction of sp³-hybridized carbons (Fsp3) is 0.333. The van der Waals surface area contributed by atoms with Gasteiger partial charge in [-0.05, 0) is 41.3 Å². The molecule has 0 atom stereocenters. The summed E-state index contributed by atoms with van der Waals surface area (Å²) in [6, 6.07) is 18.4. The SMILES string of the molecule is CSCCNCc1cccs1.c1ccc(OCCNCc2cccs2)cc1. The van der Waals surface area contributed by atoms with Crippen molar-refractivity contribution < 1.29 is 4.74 Å². The number of nitrogens with one attached hydrogen (secondary N) is 2. The van der Waals surface area contributed by atoms with E-state index in [-0.39, 0.29) is 0 Å². The molecule has 1 aromatic carbocycles. The molecule has 0 bridgehead atoms. The molecule has 3 aromatic rings. The molecule has 0 saturated heterocycles. The molecule has 2 aromatic heterocycles. The van der Waals surface area contributed by atoms with Gasteiger partial charge in [0.1, 0.15) is 12.4 Å². The minimum atomic E-state index is 0.704. The van der Waals surface area contributed by atoms with E-state index in [4.69, 9.17) is 4.74 Å². The number of thioether (sulfide) groups is 1. The van der Waals surface area contributed by atoms with Gasteiger partial charge in [-0.1, -0.05) is 30.3 Å². The van der Waals surface area contributed by atoms with Gasteiger partial charge in [-0.25, -0.2) is 0 Å². The van der Waals surface area contributed by atoms with Gasteiger partial charge in [0.15, 0.2) is 0 Å². The van der Waals surface area contributed by atoms with Gasteiger partial charge in [-0.3, -0.25) is 0 Å². The third kappa shape index (κ3) is 10.6. The highest BCUT2D eigenvalue weighted by molar-refractivity contribution is 7.98. The van der Waals surface area contributed by atoms with Crippen LogP contribution in [0.5, 0.6) is 5.75 Å². The Labute approximate surface area is 175 Å². The van der Waals surface area contributed by atoms with E-state index < -0.39 is 0 Å². The van der Waals surface area contributed by atoms with E-state index >= 15 is 0 Å². The molecule has 0 aliphatic rings. The van der Waals surface area contributed by atoms with E-state index in [1.807, 2.05) is 53.4 Å². The lowest BCUT2D eigenvalue weighted by Gasteiger charge is -2.06. The second-order valence-corrected chi connectivity index (χ2v) is 8.72. The molecule has 0 amide bonds. The largest absolute Gasteiger partial charge is 0.492 e. The van der Waals surface area contributed by atoms with Gasteiger partial charge in [-0.15, -0.1) is 22.7 Å². The zero-order valence-electron chi connectivity index (χ0n) is 15.7. The minimum Gasteiger partial charge on any atom is -0.492 e. The molecule has 27 heavy (non-hydrogen) atoms. The standard InChI is InChI=1S/C13H15NOS.C8H13NS2/c1-2-5-12(6-3-1)15-9-8-14-11-13-7-4-10-16-13;1-10-6-4-9-7-8-3-2-5-11-8/h1-7,10,14H,8-9,11H2;2-3,5,9H,4,6-7H2,1H3. The summed E-state index contributed by atoms with van der Waals surface area (Å²) in [7, 11) is 0. The molecule has 3 rings (SSSR count). The van der Waals surface area contributed by atoms with Crippen LogP contribution in [-0.4, -0.2) is 31.7 Å². The molecule has 2 N–H and O–H groups in total. The highest BCUT2D eigenvalue weighted by Gasteiger charge is 1.94. The van der Waals surface area contributed by atoms with Crippen molar-refractivity contribution >= 4 is 34.4 Å². The van der Waals surface area contributed by atoms with Crippen LogP contribution in [0, 0.1) is 0 Å². The van der Waals surface area contributed by atoms with Crippen molar-refractivity contribution in [2.75, 3.05) is 31.7 Å². The van der Waals surface area contributed by atoms with Crippen LogP contribution >= 0.6 is 34.4 Å². The molecule has 0 radical (unpaired) electrons. The van der Waals surface area contributed by atoms with Crippen LogP contribution in [0.4, 0.5) is 0 Å². The van der Waals surface area contributed by atoms with E-state index in [1.165, 1.54) is 15.5 Å². The van der Waals surface area contributed by atoms with Gasteiger partial charge >= 0.3 is 0 Å². The topological polar surface area (TPSA) is 33.3 Å². The Hall–Kier alpha value is -1.31. The average Bonchev–Trinajstić information content (AvgIpc) is 3.41. The molecule has 0 spiro atoms. The first kappa shape index (κ1) is 22.0. The monoisotopic (exact) mass is 420 g/mol. The van der Waals surface area contributed by atoms with Crippen LogP contribution < -0.4 is 15.4 Å². The van der Waals surface area contributed by atoms with E-state index in [0.717, 1.165) is 31.9 Å². The summed E-state index contributed by atoms with van der Waals surface area (Å²) >= 11 is 5.47. The molecule has 0 fully saturated rings. The molecule has 0 unspecified atom stereocenters. The first-order valence-corrected chi connectivity index (χ1v) is 12.2. The molecular formula is C21H28N2OS3. The fourth-order valence-corrected chi connectivity index (χ4v) is 3.88. The van der Waals surface area contributed by atoms with Crippen molar-refractivity contribution in [1.82, 2.24) is 10.6 Å². The van der Waals surface area contributed by atoms with Crippen molar-refractivity contribution in [3.05, 3.63) is 75.1 Å². The molecule has 6 heteroatoms. The maximum absolute atomic E-state index is 5.57. The number of para-hydroxylation sites is 1. The van der Waals surface area contributed by atoms with Gasteiger partial charge < -0.3 is 15.4 Å². The smallest absolute Gasteiger partial charge is 0.119 e. The molecule has 3 nitrogen and oxygen atoms in total. The lowest BCUT2D eigenvalue weighted by molar-refractivity contribution is 0.314. The summed E-state index contributed by atoms with van der Waals surface area (Å²) in [4.78, 5) is 2.78. The Bertz CT molecular complexity index is 673. The zero-order chi connectivity index (χ0) is 19.0. The van der Waals surface area contributed by atoms with Crippen molar-refractivity contribution in [1.29, 1.82) is 0 Å². The number of benzene rings is 1. The number of hydrogen-bond acceptors (Lipinski definition) is 6. The van der Waals surface area contributed by atoms with Crippen LogP contribution in [0.15, 0.2) is 65.4 Å². The second kappa shape index (κ2) is 14.7. The predicted molar refractivity (Wildman–Crippen MR) is 122 cm³/mol. The fourth-order valence-electron chi connectivity index (χ4n) is 2.18. The zero-order valence-corrected chi connectivity index (χ0v) is 18.2. The van der Waals surface area contributed by atoms with Crippen molar-refractivity contribution in [3.63, 3.8) is 0 Å². The molecular weight excluding hydrogens is 392 g/mol. The van der Waals surface area contributed by atoms with Crippen molar-refractivity contribution in [2.24, 2.45) is 0 Å². The number of rotatable bonds is 11. The predicted octanol–water partition coefficient (Wildman–Crippen LogP) is 5.12. The summed E-state index contributed by atoms with van der Waals surface area (Å²) < 4.78 is 5.57. The van der Waals surface area contributed by atoms with Crippen LogP contribution in [-0.2, 0) is 13.1 Å². The summed E-state index contributed by atoms with van der Waals surface area (Å²) in [5.74, 6) is 2.13. The summed E-state index contributed by atoms with van der Waals surface area (Å²) in [6.45, 7) is 4.63. The maximum atomic E-state index is 5.57. The van der Waals surface area contributed by atoms with Gasteiger partial charge in [0.25, 0.3) is 0 Å². The van der Waals surface area contributed by atoms with Gasteiger partial charge in [0.2, 0.25) is 0 Å². The highest BCUT2D eigenvalue weighted by Crippen LogP contribution is 2.09. The highest BCUT2D eigenvalue weighted by atomic mass is 32.2. The second-order valence-electron chi connectivity index (χ2n) is 5.67. The molecule has 2 heterocycles. The quantitative estimate of drug-likeness (QED) is 0.422. The molecule has 0 aliphatic carbocycles. The third-order valence-corrected chi connectivity index (χ3v) is 5.90. The first-order valence-electron chi connectivity index (χ1n) is 9.01. The maximum Gasteiger partial charge on any atom is 0.119 e. The number of hydrogen-bond donors (Lipinski definition) is 2. The van der Waals surface area contributed by atoms with Crippen LogP contribution in [0.2, 0.25) is 0 Å². The van der Waals surface area contributed by atoms with Crippen molar-refractivity contribution in [3.8, 4) is 5.75 Å². The summed E-state index contributed by atoms with van der Waals surface area (Å²) in [6.07, 6.45) is 2.13. The van der Waals surface area contributed by atoms with Crippen LogP contribution in [0.1, 0.15) is 9.75 Å². The van der Waals surface area contributed by atoms with E-state index in [2.05, 4.69) is 51.9 Å². The first-order chi connectivity index (χ1) is 13.4. The normalized spacial score (nSPS) is 10.3. The van der Waals surface area contributed by atoms with Gasteiger partial charge in [0, 0.05) is 41.7 Å². The van der Waals surface area contributed by atoms with Gasteiger partial charge in [-0.2, -0.15) is 11.8 Å². The average molecular weight is 421 g/mol. The number of ether oxygens (including phenoxy) is 1. The molecule has 0 saturated carbocycles. The lowest BCUT2D eigenvalue weighted by atomic mass is 10.3. The van der Waals surface area contributed by atoms with E-state index in [0.29, 0.717) is 6.61 Å². The summed E-state index contributed by atoms with van der Waals surface area (Å²) in [5, 5.41) is 10.9. The number of thiophene rings is 2. The molecule has 146 valence electrons. The Morgan fingerprint density at radius 2 is 1.44 bits per heavy atom. The Morgan fingerprint density at radius 1 is 0.815 bits per heavy atom. The minimum absolute atomic E-state index is 0.704. The van der Waals surface area contributed by atoms with Crippen LogP contribution in [0.3, 0.4) is 0 Å². The van der Waals surface area contributed by atoms with E-state index in [9.17, 15) is 0 Å².